The van der Waals surface area contributed by atoms with Gasteiger partial charge in [0, 0.05) is 0 Å². The largest absolute Gasteiger partial charge is 0.568 e. The third kappa shape index (κ3) is 3.56. The molecule has 1 N–H and O–H groups in total. The van der Waals surface area contributed by atoms with Crippen LogP contribution in [-0.2, 0) is 4.65 Å². The van der Waals surface area contributed by atoms with Crippen LogP contribution in [0.1, 0.15) is 6.92 Å². The zero-order valence-corrected chi connectivity index (χ0v) is 3.59. The molecule has 0 heterocycles. The lowest BCUT2D eigenvalue weighted by Crippen LogP contribution is -1.86. The van der Waals surface area contributed by atoms with Gasteiger partial charge in [0.2, 0.25) is 0 Å². The number of hydrogen-bond donors (Lipinski definition) is 1. The summed E-state index contributed by atoms with van der Waals surface area (Å²) in [7, 11) is 0.625. The summed E-state index contributed by atoms with van der Waals surface area (Å²) in [5, 5.41) is 7.80. The Labute approximate surface area is 37.7 Å². The molecular weight excluding hydrogens is 78.8 g/mol. The molecule has 0 spiro atoms. The average Bonchev–Trinajstić information content (AvgIpc) is 1.61. The predicted octanol–water partition coefficient (Wildman–Crippen LogP) is 0.0631. The van der Waals surface area contributed by atoms with E-state index in [1.807, 2.05) is 0 Å². The van der Waals surface area contributed by atoms with Crippen LogP contribution < -0.4 is 0 Å². The summed E-state index contributed by atoms with van der Waals surface area (Å²) < 4.78 is 4.23. The van der Waals surface area contributed by atoms with Gasteiger partial charge in [-0.3, -0.25) is 0 Å². The van der Waals surface area contributed by atoms with Gasteiger partial charge >= 0.3 is 7.69 Å². The first-order valence-corrected chi connectivity index (χ1v) is 1.64. The van der Waals surface area contributed by atoms with Gasteiger partial charge in [0.15, 0.2) is 0 Å². The molecule has 0 aromatic rings. The van der Waals surface area contributed by atoms with Crippen molar-refractivity contribution < 1.29 is 9.68 Å². The smallest absolute Gasteiger partial charge is 0.544 e. The van der Waals surface area contributed by atoms with Gasteiger partial charge in [-0.2, -0.15) is 0 Å². The lowest BCUT2D eigenvalue weighted by molar-refractivity contribution is 0.406. The van der Waals surface area contributed by atoms with Crippen molar-refractivity contribution in [3.8, 4) is 0 Å². The summed E-state index contributed by atoms with van der Waals surface area (Å²) in [6.45, 7) is 1.80. The Bertz CT molecular complexity index is 44.1. The molecule has 0 aromatic carbocycles. The topological polar surface area (TPSA) is 29.5 Å². The second-order valence-corrected chi connectivity index (χ2v) is 0.711. The molecular formula is C3H6BO2. The van der Waals surface area contributed by atoms with E-state index in [2.05, 4.69) is 4.65 Å². The molecule has 0 bridgehead atoms. The molecule has 0 aliphatic carbocycles. The van der Waals surface area contributed by atoms with Crippen molar-refractivity contribution in [2.24, 2.45) is 0 Å². The Balaban J connectivity index is 2.66. The maximum absolute atomic E-state index is 7.80. The van der Waals surface area contributed by atoms with Gasteiger partial charge in [-0.1, -0.05) is 6.08 Å². The van der Waals surface area contributed by atoms with E-state index in [1.54, 1.807) is 13.0 Å². The van der Waals surface area contributed by atoms with Gasteiger partial charge in [0.1, 0.15) is 0 Å². The highest BCUT2D eigenvalue weighted by molar-refractivity contribution is 6.16. The first kappa shape index (κ1) is 5.56. The highest BCUT2D eigenvalue weighted by atomic mass is 16.5. The van der Waals surface area contributed by atoms with Crippen LogP contribution in [0.15, 0.2) is 12.3 Å². The van der Waals surface area contributed by atoms with E-state index in [9.17, 15) is 0 Å². The van der Waals surface area contributed by atoms with Gasteiger partial charge < -0.3 is 9.68 Å². The second-order valence-electron chi connectivity index (χ2n) is 0.711. The Kier molecular flexibility index (Phi) is 4.23. The zero-order chi connectivity index (χ0) is 4.83. The fraction of sp³-hybridized carbons (Fsp3) is 0.333. The van der Waals surface area contributed by atoms with Crippen LogP contribution in [0, 0.1) is 0 Å². The first-order chi connectivity index (χ1) is 2.91. The van der Waals surface area contributed by atoms with Crippen LogP contribution in [0.2, 0.25) is 0 Å². The fourth-order valence-electron chi connectivity index (χ4n) is 0.114. The number of hydrogen-bond acceptors (Lipinski definition) is 2. The summed E-state index contributed by atoms with van der Waals surface area (Å²) in [5.74, 6) is 0. The molecule has 0 rings (SSSR count). The fourth-order valence-corrected chi connectivity index (χ4v) is 0.114. The second kappa shape index (κ2) is 4.56. The van der Waals surface area contributed by atoms with E-state index in [4.69, 9.17) is 5.02 Å². The first-order valence-electron chi connectivity index (χ1n) is 1.64. The highest BCUT2D eigenvalue weighted by Gasteiger charge is 1.72. The van der Waals surface area contributed by atoms with Crippen LogP contribution in [0.25, 0.3) is 0 Å². The van der Waals surface area contributed by atoms with E-state index >= 15 is 0 Å². The Hall–Kier alpha value is -0.435. The minimum Gasteiger partial charge on any atom is -0.544 e. The normalized spacial score (nSPS) is 9.00. The van der Waals surface area contributed by atoms with Crippen molar-refractivity contribution in [1.29, 1.82) is 0 Å². The van der Waals surface area contributed by atoms with Crippen LogP contribution in [0.4, 0.5) is 0 Å². The van der Waals surface area contributed by atoms with Crippen LogP contribution >= 0.6 is 0 Å². The van der Waals surface area contributed by atoms with E-state index in [-0.39, 0.29) is 0 Å². The number of rotatable bonds is 2. The van der Waals surface area contributed by atoms with E-state index in [0.717, 1.165) is 0 Å². The average molecular weight is 84.9 g/mol. The van der Waals surface area contributed by atoms with Crippen molar-refractivity contribution in [2.45, 2.75) is 6.92 Å². The molecule has 0 saturated carbocycles. The summed E-state index contributed by atoms with van der Waals surface area (Å²) in [4.78, 5) is 0. The quantitative estimate of drug-likeness (QED) is 0.379. The molecule has 2 nitrogen and oxygen atoms in total. The number of allylic oxidation sites excluding steroid dienone is 1. The molecule has 0 aromatic heterocycles. The molecule has 0 aliphatic rings. The summed E-state index contributed by atoms with van der Waals surface area (Å²) >= 11 is 0. The summed E-state index contributed by atoms with van der Waals surface area (Å²) in [6.07, 6.45) is 3.05. The van der Waals surface area contributed by atoms with Crippen molar-refractivity contribution in [2.75, 3.05) is 0 Å². The minimum absolute atomic E-state index is 0.625. The van der Waals surface area contributed by atoms with Gasteiger partial charge in [-0.25, -0.2) is 0 Å². The molecule has 0 atom stereocenters. The molecule has 0 saturated heterocycles. The van der Waals surface area contributed by atoms with Gasteiger partial charge in [0.25, 0.3) is 0 Å². The molecule has 6 heavy (non-hydrogen) atoms. The highest BCUT2D eigenvalue weighted by Crippen LogP contribution is 1.67. The monoisotopic (exact) mass is 85.0 g/mol. The van der Waals surface area contributed by atoms with E-state index in [0.29, 0.717) is 7.69 Å². The van der Waals surface area contributed by atoms with Crippen molar-refractivity contribution in [1.82, 2.24) is 0 Å². The van der Waals surface area contributed by atoms with Crippen LogP contribution in [-0.4, -0.2) is 12.7 Å². The Morgan fingerprint density at radius 3 is 2.67 bits per heavy atom. The van der Waals surface area contributed by atoms with Crippen molar-refractivity contribution >= 4 is 7.69 Å². The Morgan fingerprint density at radius 1 is 1.83 bits per heavy atom. The van der Waals surface area contributed by atoms with Crippen LogP contribution in [0.5, 0.6) is 0 Å². The zero-order valence-electron chi connectivity index (χ0n) is 3.59. The van der Waals surface area contributed by atoms with Gasteiger partial charge in [-0.15, -0.1) is 0 Å². The van der Waals surface area contributed by atoms with E-state index in [1.165, 1.54) is 6.26 Å². The van der Waals surface area contributed by atoms with Crippen LogP contribution in [0.3, 0.4) is 0 Å². The summed E-state index contributed by atoms with van der Waals surface area (Å²) in [6, 6.07) is 0. The van der Waals surface area contributed by atoms with E-state index < -0.39 is 0 Å². The van der Waals surface area contributed by atoms with Crippen molar-refractivity contribution in [3.63, 3.8) is 0 Å². The Morgan fingerprint density at radius 2 is 2.50 bits per heavy atom. The maximum atomic E-state index is 7.80. The molecule has 1 radical (unpaired) electrons. The minimum atomic E-state index is 0.625. The molecule has 0 amide bonds. The maximum Gasteiger partial charge on any atom is 0.568 e. The molecule has 3 heteroatoms. The lowest BCUT2D eigenvalue weighted by atomic mass is 10.4. The molecule has 33 valence electrons. The molecule has 0 unspecified atom stereocenters. The third-order valence-corrected chi connectivity index (χ3v) is 0.276. The molecule has 0 fully saturated rings. The third-order valence-electron chi connectivity index (χ3n) is 0.276. The van der Waals surface area contributed by atoms with Gasteiger partial charge in [-0.05, 0) is 6.92 Å². The van der Waals surface area contributed by atoms with Crippen molar-refractivity contribution in [3.05, 3.63) is 12.3 Å². The SMILES string of the molecule is C/C=C\O[B]O. The van der Waals surface area contributed by atoms with Gasteiger partial charge in [0.05, 0.1) is 6.26 Å². The lowest BCUT2D eigenvalue weighted by Gasteiger charge is -1.82. The summed E-state index contributed by atoms with van der Waals surface area (Å²) in [5.41, 5.74) is 0. The molecule has 0 aliphatic heterocycles. The predicted molar refractivity (Wildman–Crippen MR) is 23.9 cm³/mol. The standard InChI is InChI=1S/C3H6BO2/c1-2-3-6-4-5/h2-3,5H,1H3/b3-2-.